The molecule has 6 heteroatoms. The lowest BCUT2D eigenvalue weighted by Crippen LogP contribution is -2.10. The van der Waals surface area contributed by atoms with E-state index in [1.54, 1.807) is 12.1 Å². The number of hydrogen-bond donors (Lipinski definition) is 0. The third-order valence-electron chi connectivity index (χ3n) is 1.23. The minimum absolute atomic E-state index is 0.0472. The van der Waals surface area contributed by atoms with Gasteiger partial charge >= 0.3 is 10.4 Å². The second-order valence-electron chi connectivity index (χ2n) is 2.09. The Bertz CT molecular complexity index is 387. The second kappa shape index (κ2) is 3.95. The second-order valence-corrected chi connectivity index (χ2v) is 3.81. The Balaban J connectivity index is 2.93. The first kappa shape index (κ1) is 10.3. The lowest BCUT2D eigenvalue weighted by atomic mass is 10.3. The average Bonchev–Trinajstić information content (AvgIpc) is 2.09. The molecule has 0 saturated heterocycles. The van der Waals surface area contributed by atoms with Crippen LogP contribution in [-0.2, 0) is 14.6 Å². The summed E-state index contributed by atoms with van der Waals surface area (Å²) in [7, 11) is -2.97. The lowest BCUT2D eigenvalue weighted by Gasteiger charge is -2.04. The Kier molecular flexibility index (Phi) is 3.13. The predicted octanol–water partition coefficient (Wildman–Crippen LogP) is 1.61. The maximum atomic E-state index is 10.8. The van der Waals surface area contributed by atoms with Crippen molar-refractivity contribution in [1.29, 1.82) is 0 Å². The maximum absolute atomic E-state index is 10.8. The fourth-order valence-electron chi connectivity index (χ4n) is 0.656. The first-order valence-corrected chi connectivity index (χ1v) is 5.01. The van der Waals surface area contributed by atoms with Gasteiger partial charge in [-0.3, -0.25) is 0 Å². The van der Waals surface area contributed by atoms with Gasteiger partial charge < -0.3 is 4.18 Å². The third-order valence-corrected chi connectivity index (χ3v) is 2.34. The Labute approximate surface area is 81.4 Å². The van der Waals surface area contributed by atoms with Gasteiger partial charge in [-0.2, -0.15) is 8.42 Å². The van der Waals surface area contributed by atoms with E-state index in [1.807, 2.05) is 0 Å². The average molecular weight is 223 g/mol. The number of para-hydroxylation sites is 1. The molecule has 0 aliphatic rings. The summed E-state index contributed by atoms with van der Waals surface area (Å²) in [5.41, 5.74) is 0. The zero-order valence-corrected chi connectivity index (χ0v) is 8.30. The van der Waals surface area contributed by atoms with E-state index in [4.69, 9.17) is 11.6 Å². The zero-order chi connectivity index (χ0) is 9.90. The Morgan fingerprint density at radius 3 is 2.46 bits per heavy atom. The van der Waals surface area contributed by atoms with Crippen LogP contribution in [0.1, 0.15) is 0 Å². The van der Waals surface area contributed by atoms with Crippen LogP contribution in [0.2, 0.25) is 5.02 Å². The molecule has 0 atom stereocenters. The molecule has 0 bridgehead atoms. The van der Waals surface area contributed by atoms with E-state index in [-0.39, 0.29) is 10.8 Å². The molecule has 0 heterocycles. The minimum atomic E-state index is -3.98. The van der Waals surface area contributed by atoms with E-state index in [2.05, 4.69) is 8.37 Å². The summed E-state index contributed by atoms with van der Waals surface area (Å²) >= 11 is 5.64. The lowest BCUT2D eigenvalue weighted by molar-refractivity contribution is 0.330. The van der Waals surface area contributed by atoms with Crippen molar-refractivity contribution in [3.63, 3.8) is 0 Å². The summed E-state index contributed by atoms with van der Waals surface area (Å²) in [4.78, 5) is 0. The standard InChI is InChI=1S/C7H7ClO4S/c1-11-13(9,10)12-7-5-3-2-4-6(7)8/h2-5H,1H3. The largest absolute Gasteiger partial charge is 0.448 e. The SMILES string of the molecule is COS(=O)(=O)Oc1ccccc1Cl. The highest BCUT2D eigenvalue weighted by molar-refractivity contribution is 7.82. The molecule has 0 N–H and O–H groups in total. The Hall–Kier alpha value is -0.780. The van der Waals surface area contributed by atoms with Crippen LogP contribution in [0.3, 0.4) is 0 Å². The van der Waals surface area contributed by atoms with Crippen LogP contribution in [0.4, 0.5) is 0 Å². The number of halogens is 1. The molecule has 0 spiro atoms. The van der Waals surface area contributed by atoms with Crippen LogP contribution < -0.4 is 4.18 Å². The maximum Gasteiger partial charge on any atom is 0.448 e. The molecule has 0 aliphatic carbocycles. The van der Waals surface area contributed by atoms with Crippen molar-refractivity contribution in [3.05, 3.63) is 29.3 Å². The molecule has 0 fully saturated rings. The molecular weight excluding hydrogens is 216 g/mol. The van der Waals surface area contributed by atoms with Gasteiger partial charge in [-0.1, -0.05) is 23.7 Å². The van der Waals surface area contributed by atoms with Crippen molar-refractivity contribution < 1.29 is 16.8 Å². The first-order chi connectivity index (χ1) is 6.05. The number of rotatable bonds is 3. The molecule has 0 saturated carbocycles. The van der Waals surface area contributed by atoms with Gasteiger partial charge in [-0.05, 0) is 12.1 Å². The van der Waals surface area contributed by atoms with Crippen molar-refractivity contribution in [2.45, 2.75) is 0 Å². The van der Waals surface area contributed by atoms with E-state index in [0.29, 0.717) is 0 Å². The Morgan fingerprint density at radius 1 is 1.31 bits per heavy atom. The van der Waals surface area contributed by atoms with E-state index in [1.165, 1.54) is 12.1 Å². The van der Waals surface area contributed by atoms with Crippen LogP contribution in [0, 0.1) is 0 Å². The van der Waals surface area contributed by atoms with Crippen LogP contribution in [-0.4, -0.2) is 15.5 Å². The zero-order valence-electron chi connectivity index (χ0n) is 6.73. The predicted molar refractivity (Wildman–Crippen MR) is 48.0 cm³/mol. The summed E-state index contributed by atoms with van der Waals surface area (Å²) in [6, 6.07) is 6.21. The summed E-state index contributed by atoms with van der Waals surface area (Å²) in [5.74, 6) is 0.0472. The van der Waals surface area contributed by atoms with Crippen molar-refractivity contribution in [1.82, 2.24) is 0 Å². The molecule has 0 aliphatic heterocycles. The van der Waals surface area contributed by atoms with Crippen molar-refractivity contribution in [3.8, 4) is 5.75 Å². The van der Waals surface area contributed by atoms with Gasteiger partial charge in [-0.15, -0.1) is 0 Å². The molecule has 1 aromatic carbocycles. The quantitative estimate of drug-likeness (QED) is 0.780. The van der Waals surface area contributed by atoms with Gasteiger partial charge in [0.2, 0.25) is 0 Å². The van der Waals surface area contributed by atoms with Gasteiger partial charge in [-0.25, -0.2) is 4.18 Å². The molecule has 13 heavy (non-hydrogen) atoms. The normalized spacial score (nSPS) is 11.2. The smallest absolute Gasteiger partial charge is 0.360 e. The molecule has 72 valence electrons. The van der Waals surface area contributed by atoms with Crippen LogP contribution in [0.15, 0.2) is 24.3 Å². The van der Waals surface area contributed by atoms with Gasteiger partial charge in [0.05, 0.1) is 12.1 Å². The van der Waals surface area contributed by atoms with Crippen LogP contribution in [0.5, 0.6) is 5.75 Å². The fourth-order valence-corrected chi connectivity index (χ4v) is 1.31. The summed E-state index contributed by atoms with van der Waals surface area (Å²) in [6.45, 7) is 0. The van der Waals surface area contributed by atoms with E-state index < -0.39 is 10.4 Å². The van der Waals surface area contributed by atoms with E-state index in [9.17, 15) is 8.42 Å². The molecule has 1 aromatic rings. The highest BCUT2D eigenvalue weighted by Crippen LogP contribution is 2.24. The summed E-state index contributed by atoms with van der Waals surface area (Å²) in [6.07, 6.45) is 0. The van der Waals surface area contributed by atoms with Crippen molar-refractivity contribution >= 4 is 22.0 Å². The molecule has 0 aromatic heterocycles. The monoisotopic (exact) mass is 222 g/mol. The molecule has 0 amide bonds. The van der Waals surface area contributed by atoms with Crippen LogP contribution in [0.25, 0.3) is 0 Å². The van der Waals surface area contributed by atoms with Gasteiger partial charge in [0.15, 0.2) is 5.75 Å². The molecule has 0 unspecified atom stereocenters. The molecule has 4 nitrogen and oxygen atoms in total. The van der Waals surface area contributed by atoms with Gasteiger partial charge in [0.1, 0.15) is 0 Å². The molecular formula is C7H7ClO4S. The number of hydrogen-bond acceptors (Lipinski definition) is 4. The van der Waals surface area contributed by atoms with E-state index >= 15 is 0 Å². The summed E-state index contributed by atoms with van der Waals surface area (Å²) in [5, 5.41) is 0.211. The van der Waals surface area contributed by atoms with Gasteiger partial charge in [0.25, 0.3) is 0 Å². The number of benzene rings is 1. The third kappa shape index (κ3) is 2.87. The highest BCUT2D eigenvalue weighted by Gasteiger charge is 2.12. The molecule has 1 rings (SSSR count). The Morgan fingerprint density at radius 2 is 1.92 bits per heavy atom. The minimum Gasteiger partial charge on any atom is -0.360 e. The van der Waals surface area contributed by atoms with Gasteiger partial charge in [0, 0.05) is 0 Å². The van der Waals surface area contributed by atoms with Crippen molar-refractivity contribution in [2.24, 2.45) is 0 Å². The van der Waals surface area contributed by atoms with E-state index in [0.717, 1.165) is 7.11 Å². The topological polar surface area (TPSA) is 52.6 Å². The van der Waals surface area contributed by atoms with Crippen molar-refractivity contribution in [2.75, 3.05) is 7.11 Å². The fraction of sp³-hybridized carbons (Fsp3) is 0.143. The molecule has 0 radical (unpaired) electrons. The summed E-state index contributed by atoms with van der Waals surface area (Å²) < 4.78 is 30.2. The first-order valence-electron chi connectivity index (χ1n) is 3.30. The van der Waals surface area contributed by atoms with Crippen LogP contribution >= 0.6 is 11.6 Å². The highest BCUT2D eigenvalue weighted by atomic mass is 35.5.